The number of nitrogens with one attached hydrogen (secondary N) is 1. The number of hydrogen-bond donors (Lipinski definition) is 1. The van der Waals surface area contributed by atoms with Crippen molar-refractivity contribution in [2.24, 2.45) is 5.92 Å². The Kier molecular flexibility index (Phi) is 4.79. The van der Waals surface area contributed by atoms with Crippen molar-refractivity contribution < 1.29 is 4.74 Å². The van der Waals surface area contributed by atoms with E-state index in [1.54, 1.807) is 0 Å². The molecule has 1 aliphatic carbocycles. The summed E-state index contributed by atoms with van der Waals surface area (Å²) >= 11 is 2.07. The van der Waals surface area contributed by atoms with Crippen LogP contribution in [0.3, 0.4) is 0 Å². The first-order chi connectivity index (χ1) is 7.34. The molecule has 2 rings (SSSR count). The lowest BCUT2D eigenvalue weighted by Crippen LogP contribution is -2.24. The van der Waals surface area contributed by atoms with Crippen molar-refractivity contribution in [3.05, 3.63) is 0 Å². The molecule has 2 unspecified atom stereocenters. The molecule has 0 bridgehead atoms. The number of thioether (sulfide) groups is 1. The Bertz CT molecular complexity index is 178. The summed E-state index contributed by atoms with van der Waals surface area (Å²) in [5.41, 5.74) is 0. The first-order valence-corrected chi connectivity index (χ1v) is 7.43. The van der Waals surface area contributed by atoms with Gasteiger partial charge in [-0.3, -0.25) is 0 Å². The van der Waals surface area contributed by atoms with E-state index in [2.05, 4.69) is 24.0 Å². The van der Waals surface area contributed by atoms with Crippen LogP contribution in [-0.2, 0) is 4.74 Å². The standard InChI is InChI=1S/C12H23NOS/c1-10(7-13-11-4-5-11)8-15-9-12-3-2-6-14-12/h10-13H,2-9H2,1H3. The SMILES string of the molecule is CC(CNC1CC1)CSCC1CCCO1. The van der Waals surface area contributed by atoms with Crippen LogP contribution in [0.2, 0.25) is 0 Å². The molecule has 0 aromatic carbocycles. The zero-order valence-corrected chi connectivity index (χ0v) is 10.5. The van der Waals surface area contributed by atoms with Crippen molar-refractivity contribution in [3.8, 4) is 0 Å². The smallest absolute Gasteiger partial charge is 0.0666 e. The van der Waals surface area contributed by atoms with Gasteiger partial charge >= 0.3 is 0 Å². The molecule has 2 aliphatic rings. The van der Waals surface area contributed by atoms with Crippen LogP contribution in [-0.4, -0.2) is 36.8 Å². The molecule has 0 radical (unpaired) electrons. The molecule has 1 saturated heterocycles. The second-order valence-corrected chi connectivity index (χ2v) is 6.04. The zero-order chi connectivity index (χ0) is 10.5. The Balaban J connectivity index is 1.44. The second-order valence-electron chi connectivity index (χ2n) is 4.96. The van der Waals surface area contributed by atoms with Crippen LogP contribution in [0.25, 0.3) is 0 Å². The van der Waals surface area contributed by atoms with Crippen LogP contribution in [0.5, 0.6) is 0 Å². The average molecular weight is 229 g/mol. The van der Waals surface area contributed by atoms with E-state index >= 15 is 0 Å². The fraction of sp³-hybridized carbons (Fsp3) is 1.00. The highest BCUT2D eigenvalue weighted by Gasteiger charge is 2.21. The van der Waals surface area contributed by atoms with Crippen molar-refractivity contribution in [1.82, 2.24) is 5.32 Å². The maximum atomic E-state index is 5.61. The van der Waals surface area contributed by atoms with Crippen molar-refractivity contribution in [3.63, 3.8) is 0 Å². The summed E-state index contributed by atoms with van der Waals surface area (Å²) in [6.07, 6.45) is 5.90. The Hall–Kier alpha value is 0.270. The fourth-order valence-corrected chi connectivity index (χ4v) is 3.07. The normalized spacial score (nSPS) is 28.2. The quantitative estimate of drug-likeness (QED) is 0.724. The van der Waals surface area contributed by atoms with Gasteiger partial charge in [-0.05, 0) is 43.9 Å². The van der Waals surface area contributed by atoms with E-state index in [4.69, 9.17) is 4.74 Å². The fourth-order valence-electron chi connectivity index (χ4n) is 1.89. The molecule has 1 N–H and O–H groups in total. The van der Waals surface area contributed by atoms with Crippen molar-refractivity contribution in [1.29, 1.82) is 0 Å². The molecule has 15 heavy (non-hydrogen) atoms. The highest BCUT2D eigenvalue weighted by atomic mass is 32.2. The molecule has 2 fully saturated rings. The molecule has 2 nitrogen and oxygen atoms in total. The summed E-state index contributed by atoms with van der Waals surface area (Å²) < 4.78 is 5.61. The highest BCUT2D eigenvalue weighted by molar-refractivity contribution is 7.99. The zero-order valence-electron chi connectivity index (χ0n) is 9.71. The van der Waals surface area contributed by atoms with Crippen LogP contribution in [0.1, 0.15) is 32.6 Å². The molecule has 1 aliphatic heterocycles. The summed E-state index contributed by atoms with van der Waals surface area (Å²) in [5.74, 6) is 3.28. The topological polar surface area (TPSA) is 21.3 Å². The van der Waals surface area contributed by atoms with Gasteiger partial charge in [0.2, 0.25) is 0 Å². The molecule has 0 amide bonds. The first kappa shape index (κ1) is 11.7. The van der Waals surface area contributed by atoms with Gasteiger partial charge in [0.1, 0.15) is 0 Å². The largest absolute Gasteiger partial charge is 0.377 e. The molecule has 0 aromatic heterocycles. The summed E-state index contributed by atoms with van der Waals surface area (Å²) in [5, 5.41) is 3.59. The van der Waals surface area contributed by atoms with Gasteiger partial charge in [0.05, 0.1) is 6.10 Å². The molecule has 1 heterocycles. The lowest BCUT2D eigenvalue weighted by atomic mass is 10.2. The molecular weight excluding hydrogens is 206 g/mol. The maximum Gasteiger partial charge on any atom is 0.0666 e. The van der Waals surface area contributed by atoms with E-state index < -0.39 is 0 Å². The van der Waals surface area contributed by atoms with Gasteiger partial charge in [-0.25, -0.2) is 0 Å². The lowest BCUT2D eigenvalue weighted by Gasteiger charge is -2.13. The van der Waals surface area contributed by atoms with Gasteiger partial charge in [-0.2, -0.15) is 11.8 Å². The Labute approximate surface area is 97.5 Å². The van der Waals surface area contributed by atoms with Crippen molar-refractivity contribution in [2.45, 2.75) is 44.8 Å². The van der Waals surface area contributed by atoms with E-state index in [0.29, 0.717) is 6.10 Å². The molecule has 0 aromatic rings. The van der Waals surface area contributed by atoms with E-state index in [-0.39, 0.29) is 0 Å². The summed E-state index contributed by atoms with van der Waals surface area (Å²) in [6.45, 7) is 4.53. The third-order valence-corrected chi connectivity index (χ3v) is 4.47. The van der Waals surface area contributed by atoms with Crippen molar-refractivity contribution in [2.75, 3.05) is 24.7 Å². The molecule has 0 spiro atoms. The Morgan fingerprint density at radius 3 is 2.93 bits per heavy atom. The minimum Gasteiger partial charge on any atom is -0.377 e. The molecule has 3 heteroatoms. The number of hydrogen-bond acceptors (Lipinski definition) is 3. The van der Waals surface area contributed by atoms with Crippen molar-refractivity contribution >= 4 is 11.8 Å². The van der Waals surface area contributed by atoms with Gasteiger partial charge in [0.25, 0.3) is 0 Å². The average Bonchev–Trinajstić information content (AvgIpc) is 2.92. The van der Waals surface area contributed by atoms with Gasteiger partial charge < -0.3 is 10.1 Å². The predicted octanol–water partition coefficient (Wildman–Crippen LogP) is 2.29. The van der Waals surface area contributed by atoms with Crippen LogP contribution in [0.15, 0.2) is 0 Å². The minimum absolute atomic E-state index is 0.554. The van der Waals surface area contributed by atoms with E-state index in [1.165, 1.54) is 43.7 Å². The summed E-state index contributed by atoms with van der Waals surface area (Å²) in [4.78, 5) is 0. The van der Waals surface area contributed by atoms with Gasteiger partial charge in [-0.1, -0.05) is 6.92 Å². The van der Waals surface area contributed by atoms with Gasteiger partial charge in [0.15, 0.2) is 0 Å². The van der Waals surface area contributed by atoms with Crippen LogP contribution in [0.4, 0.5) is 0 Å². The number of ether oxygens (including phenoxy) is 1. The first-order valence-electron chi connectivity index (χ1n) is 6.27. The Morgan fingerprint density at radius 2 is 2.27 bits per heavy atom. The summed E-state index contributed by atoms with van der Waals surface area (Å²) in [6, 6.07) is 0.857. The molecular formula is C12H23NOS. The molecule has 1 saturated carbocycles. The van der Waals surface area contributed by atoms with E-state index in [9.17, 15) is 0 Å². The molecule has 2 atom stereocenters. The highest BCUT2D eigenvalue weighted by Crippen LogP contribution is 2.21. The van der Waals surface area contributed by atoms with Crippen LogP contribution >= 0.6 is 11.8 Å². The third kappa shape index (κ3) is 4.75. The third-order valence-electron chi connectivity index (χ3n) is 3.06. The van der Waals surface area contributed by atoms with Gasteiger partial charge in [-0.15, -0.1) is 0 Å². The minimum atomic E-state index is 0.554. The number of rotatable bonds is 7. The van der Waals surface area contributed by atoms with E-state index in [1.807, 2.05) is 0 Å². The van der Waals surface area contributed by atoms with E-state index in [0.717, 1.165) is 18.6 Å². The second kappa shape index (κ2) is 6.12. The maximum absolute atomic E-state index is 5.61. The lowest BCUT2D eigenvalue weighted by molar-refractivity contribution is 0.129. The Morgan fingerprint density at radius 1 is 1.40 bits per heavy atom. The van der Waals surface area contributed by atoms with Crippen LogP contribution in [0, 0.1) is 5.92 Å². The predicted molar refractivity (Wildman–Crippen MR) is 66.5 cm³/mol. The summed E-state index contributed by atoms with van der Waals surface area (Å²) in [7, 11) is 0. The van der Waals surface area contributed by atoms with Crippen LogP contribution < -0.4 is 5.32 Å². The van der Waals surface area contributed by atoms with Gasteiger partial charge in [0, 0.05) is 18.4 Å². The monoisotopic (exact) mass is 229 g/mol. The molecule has 88 valence electrons.